The third-order valence-electron chi connectivity index (χ3n) is 2.76. The molecule has 0 bridgehead atoms. The summed E-state index contributed by atoms with van der Waals surface area (Å²) in [7, 11) is 0. The largest absolute Gasteiger partial charge is 0.379 e. The average molecular weight is 292 g/mol. The van der Waals surface area contributed by atoms with Crippen LogP contribution in [-0.4, -0.2) is 31.6 Å². The van der Waals surface area contributed by atoms with E-state index in [0.29, 0.717) is 19.4 Å². The molecule has 0 saturated carbocycles. The highest BCUT2D eigenvalue weighted by Crippen LogP contribution is 2.28. The number of hydrogen-bond donors (Lipinski definition) is 2. The van der Waals surface area contributed by atoms with E-state index in [1.54, 1.807) is 0 Å². The number of benzene rings is 1. The highest BCUT2D eigenvalue weighted by atomic mass is 16.6. The Morgan fingerprint density at radius 1 is 1.24 bits per heavy atom. The van der Waals surface area contributed by atoms with Crippen LogP contribution >= 0.6 is 0 Å². The van der Waals surface area contributed by atoms with Gasteiger partial charge >= 0.3 is 0 Å². The molecule has 1 aromatic carbocycles. The van der Waals surface area contributed by atoms with Crippen LogP contribution in [0.15, 0.2) is 24.5 Å². The van der Waals surface area contributed by atoms with Gasteiger partial charge in [0, 0.05) is 19.0 Å². The van der Waals surface area contributed by atoms with Gasteiger partial charge in [-0.2, -0.15) is 5.10 Å². The summed E-state index contributed by atoms with van der Waals surface area (Å²) in [5.74, 6) is 0.731. The van der Waals surface area contributed by atoms with E-state index in [1.165, 1.54) is 18.5 Å². The Morgan fingerprint density at radius 2 is 2.05 bits per heavy atom. The van der Waals surface area contributed by atoms with Gasteiger partial charge in [0.05, 0.1) is 15.9 Å². The predicted molar refractivity (Wildman–Crippen MR) is 72.9 cm³/mol. The average Bonchev–Trinajstić information content (AvgIpc) is 2.96. The molecule has 0 radical (unpaired) electrons. The van der Waals surface area contributed by atoms with Crippen molar-refractivity contribution < 1.29 is 9.85 Å². The Labute approximate surface area is 118 Å². The van der Waals surface area contributed by atoms with Crippen molar-refractivity contribution in [2.45, 2.75) is 12.8 Å². The quantitative estimate of drug-likeness (QED) is 0.449. The minimum atomic E-state index is -0.666. The lowest BCUT2D eigenvalue weighted by Crippen LogP contribution is -2.06. The number of rotatable bonds is 7. The lowest BCUT2D eigenvalue weighted by Gasteiger charge is -2.06. The number of aromatic amines is 1. The lowest BCUT2D eigenvalue weighted by molar-refractivity contribution is -0.393. The number of hydrogen-bond acceptors (Lipinski definition) is 7. The maximum Gasteiger partial charge on any atom is 0.299 e. The van der Waals surface area contributed by atoms with Crippen LogP contribution in [0.2, 0.25) is 0 Å². The van der Waals surface area contributed by atoms with E-state index in [1.807, 2.05) is 0 Å². The van der Waals surface area contributed by atoms with Crippen molar-refractivity contribution in [2.75, 3.05) is 11.9 Å². The molecule has 2 rings (SSSR count). The summed E-state index contributed by atoms with van der Waals surface area (Å²) in [6, 6.07) is 3.51. The third kappa shape index (κ3) is 3.72. The molecule has 2 N–H and O–H groups in total. The summed E-state index contributed by atoms with van der Waals surface area (Å²) >= 11 is 0. The molecule has 0 aliphatic heterocycles. The minimum absolute atomic E-state index is 0.253. The Kier molecular flexibility index (Phi) is 4.39. The van der Waals surface area contributed by atoms with Crippen molar-refractivity contribution in [1.82, 2.24) is 15.2 Å². The van der Waals surface area contributed by atoms with Crippen LogP contribution in [0.25, 0.3) is 0 Å². The van der Waals surface area contributed by atoms with E-state index in [-0.39, 0.29) is 17.1 Å². The summed E-state index contributed by atoms with van der Waals surface area (Å²) in [6.07, 6.45) is 2.74. The van der Waals surface area contributed by atoms with Crippen molar-refractivity contribution in [3.63, 3.8) is 0 Å². The fraction of sp³-hybridized carbons (Fsp3) is 0.273. The highest BCUT2D eigenvalue weighted by Gasteiger charge is 2.18. The van der Waals surface area contributed by atoms with Gasteiger partial charge in [-0.1, -0.05) is 0 Å². The van der Waals surface area contributed by atoms with Crippen LogP contribution in [0.3, 0.4) is 0 Å². The topological polar surface area (TPSA) is 140 Å². The van der Waals surface area contributed by atoms with E-state index in [2.05, 4.69) is 20.5 Å². The van der Waals surface area contributed by atoms with E-state index >= 15 is 0 Å². The van der Waals surface area contributed by atoms with Crippen LogP contribution < -0.4 is 5.32 Å². The van der Waals surface area contributed by atoms with E-state index in [9.17, 15) is 20.2 Å². The van der Waals surface area contributed by atoms with Gasteiger partial charge in [0.25, 0.3) is 11.4 Å². The predicted octanol–water partition coefficient (Wildman–Crippen LogP) is 1.67. The van der Waals surface area contributed by atoms with Crippen LogP contribution in [0.5, 0.6) is 0 Å². The van der Waals surface area contributed by atoms with Gasteiger partial charge in [0.1, 0.15) is 17.8 Å². The van der Waals surface area contributed by atoms with Crippen LogP contribution in [-0.2, 0) is 6.42 Å². The second kappa shape index (κ2) is 6.41. The maximum absolute atomic E-state index is 10.9. The van der Waals surface area contributed by atoms with Crippen LogP contribution in [0.1, 0.15) is 12.2 Å². The fourth-order valence-electron chi connectivity index (χ4n) is 1.76. The third-order valence-corrected chi connectivity index (χ3v) is 2.76. The Bertz CT molecular complexity index is 642. The Morgan fingerprint density at radius 3 is 2.67 bits per heavy atom. The molecular formula is C11H12N6O4. The number of anilines is 1. The molecule has 0 aliphatic carbocycles. The van der Waals surface area contributed by atoms with Gasteiger partial charge in [-0.3, -0.25) is 25.3 Å². The zero-order valence-corrected chi connectivity index (χ0v) is 10.9. The second-order valence-corrected chi connectivity index (χ2v) is 4.18. The molecular weight excluding hydrogens is 280 g/mol. The molecule has 2 aromatic rings. The zero-order valence-electron chi connectivity index (χ0n) is 10.9. The van der Waals surface area contributed by atoms with Gasteiger partial charge in [0.15, 0.2) is 0 Å². The maximum atomic E-state index is 10.9. The molecule has 0 unspecified atom stereocenters. The zero-order chi connectivity index (χ0) is 15.2. The molecule has 0 spiro atoms. The highest BCUT2D eigenvalue weighted by molar-refractivity contribution is 5.65. The summed E-state index contributed by atoms with van der Waals surface area (Å²) in [5, 5.41) is 30.9. The number of aromatic nitrogens is 3. The minimum Gasteiger partial charge on any atom is -0.379 e. The van der Waals surface area contributed by atoms with Gasteiger partial charge in [-0.05, 0) is 12.5 Å². The van der Waals surface area contributed by atoms with Crippen LogP contribution in [0.4, 0.5) is 17.1 Å². The van der Waals surface area contributed by atoms with Crippen molar-refractivity contribution in [3.05, 3.63) is 50.6 Å². The molecule has 0 fully saturated rings. The SMILES string of the molecule is O=[N+]([O-])c1ccc(NCCCc2ncn[nH]2)c([N+](=O)[O-])c1. The van der Waals surface area contributed by atoms with E-state index < -0.39 is 9.85 Å². The molecule has 0 saturated heterocycles. The first-order valence-electron chi connectivity index (χ1n) is 6.09. The number of nitrogens with zero attached hydrogens (tertiary/aromatic N) is 4. The smallest absolute Gasteiger partial charge is 0.299 e. The molecule has 0 atom stereocenters. The fourth-order valence-corrected chi connectivity index (χ4v) is 1.76. The van der Waals surface area contributed by atoms with Gasteiger partial charge in [-0.15, -0.1) is 0 Å². The standard InChI is InChI=1S/C11H12N6O4/c18-16(19)8-3-4-9(10(6-8)17(20)21)12-5-1-2-11-13-7-14-15-11/h3-4,6-7,12H,1-2,5H2,(H,13,14,15). The van der Waals surface area contributed by atoms with Gasteiger partial charge < -0.3 is 5.32 Å². The van der Waals surface area contributed by atoms with Crippen molar-refractivity contribution in [1.29, 1.82) is 0 Å². The number of non-ortho nitro benzene ring substituents is 1. The first kappa shape index (κ1) is 14.4. The van der Waals surface area contributed by atoms with Crippen molar-refractivity contribution >= 4 is 17.1 Å². The Balaban J connectivity index is 1.98. The second-order valence-electron chi connectivity index (χ2n) is 4.18. The van der Waals surface area contributed by atoms with E-state index in [4.69, 9.17) is 0 Å². The number of nitro benzene ring substituents is 2. The summed E-state index contributed by atoms with van der Waals surface area (Å²) in [6.45, 7) is 0.472. The molecule has 21 heavy (non-hydrogen) atoms. The first-order chi connectivity index (χ1) is 10.1. The van der Waals surface area contributed by atoms with Crippen molar-refractivity contribution in [3.8, 4) is 0 Å². The number of nitro groups is 2. The van der Waals surface area contributed by atoms with E-state index in [0.717, 1.165) is 11.9 Å². The number of nitrogens with one attached hydrogen (secondary N) is 2. The number of H-pyrrole nitrogens is 1. The Hall–Kier alpha value is -3.04. The summed E-state index contributed by atoms with van der Waals surface area (Å²) in [5.41, 5.74) is -0.374. The van der Waals surface area contributed by atoms with Crippen molar-refractivity contribution in [2.24, 2.45) is 0 Å². The molecule has 1 heterocycles. The number of aryl methyl sites for hydroxylation is 1. The lowest BCUT2D eigenvalue weighted by atomic mass is 10.2. The summed E-state index contributed by atoms with van der Waals surface area (Å²) < 4.78 is 0. The van der Waals surface area contributed by atoms with Gasteiger partial charge in [-0.25, -0.2) is 4.98 Å². The molecule has 0 amide bonds. The first-order valence-corrected chi connectivity index (χ1v) is 6.09. The summed E-state index contributed by atoms with van der Waals surface area (Å²) in [4.78, 5) is 24.2. The molecule has 110 valence electrons. The van der Waals surface area contributed by atoms with Gasteiger partial charge in [0.2, 0.25) is 0 Å². The monoisotopic (exact) mass is 292 g/mol. The molecule has 10 nitrogen and oxygen atoms in total. The molecule has 0 aliphatic rings. The van der Waals surface area contributed by atoms with Crippen LogP contribution in [0, 0.1) is 20.2 Å². The molecule has 1 aromatic heterocycles. The molecule has 10 heteroatoms. The normalized spacial score (nSPS) is 10.3.